The van der Waals surface area contributed by atoms with E-state index >= 15 is 0 Å². The van der Waals surface area contributed by atoms with Gasteiger partial charge in [-0.05, 0) is 50.7 Å². The molecule has 0 saturated carbocycles. The molecular weight excluding hydrogens is 280 g/mol. The van der Waals surface area contributed by atoms with Gasteiger partial charge in [0.25, 0.3) is 0 Å². The van der Waals surface area contributed by atoms with Gasteiger partial charge in [0.15, 0.2) is 5.66 Å². The molecule has 0 saturated heterocycles. The van der Waals surface area contributed by atoms with E-state index in [-0.39, 0.29) is 5.66 Å². The first-order valence-corrected chi connectivity index (χ1v) is 9.68. The molecule has 2 nitrogen and oxygen atoms in total. The van der Waals surface area contributed by atoms with E-state index in [0.717, 1.165) is 23.6 Å². The molecule has 0 unspecified atom stereocenters. The highest BCUT2D eigenvalue weighted by atomic mass is 15.1. The summed E-state index contributed by atoms with van der Waals surface area (Å²) in [5.74, 6) is 0. The van der Waals surface area contributed by atoms with Gasteiger partial charge in [0.2, 0.25) is 0 Å². The molecule has 1 aliphatic rings. The zero-order valence-corrected chi connectivity index (χ0v) is 15.6. The number of hydrogen-bond donors (Lipinski definition) is 0. The maximum atomic E-state index is 5.17. The third-order valence-electron chi connectivity index (χ3n) is 5.06. The molecule has 0 N–H and O–H groups in total. The summed E-state index contributed by atoms with van der Waals surface area (Å²) in [6.45, 7) is 8.88. The summed E-state index contributed by atoms with van der Waals surface area (Å²) in [7, 11) is 0. The lowest BCUT2D eigenvalue weighted by Gasteiger charge is -2.23. The maximum Gasteiger partial charge on any atom is 0.151 e. The van der Waals surface area contributed by atoms with Crippen LogP contribution in [0.1, 0.15) is 89.2 Å². The van der Waals surface area contributed by atoms with E-state index < -0.39 is 0 Å². The van der Waals surface area contributed by atoms with Gasteiger partial charge in [-0.25, -0.2) is 0 Å². The molecule has 1 heterocycles. The summed E-state index contributed by atoms with van der Waals surface area (Å²) in [6.07, 6.45) is 12.6. The summed E-state index contributed by atoms with van der Waals surface area (Å²) < 4.78 is 0. The van der Waals surface area contributed by atoms with Crippen molar-refractivity contribution in [1.82, 2.24) is 0 Å². The van der Waals surface area contributed by atoms with Crippen LogP contribution in [0.2, 0.25) is 0 Å². The molecule has 1 aromatic rings. The average molecular weight is 315 g/mol. The molecule has 128 valence electrons. The van der Waals surface area contributed by atoms with E-state index in [2.05, 4.69) is 39.8 Å². The predicted octanol–water partition coefficient (Wildman–Crippen LogP) is 5.19. The van der Waals surface area contributed by atoms with Crippen LogP contribution >= 0.6 is 0 Å². The minimum atomic E-state index is -0.166. The third kappa shape index (κ3) is 4.65. The van der Waals surface area contributed by atoms with Crippen molar-refractivity contribution in [2.75, 3.05) is 0 Å². The van der Waals surface area contributed by atoms with E-state index in [1.54, 1.807) is 0 Å². The molecular formula is C21H34N2. The second-order valence-corrected chi connectivity index (χ2v) is 7.22. The Morgan fingerprint density at radius 1 is 0.696 bits per heavy atom. The number of hydrogen-bond acceptors (Lipinski definition) is 2. The van der Waals surface area contributed by atoms with E-state index in [1.165, 1.54) is 62.5 Å². The zero-order chi connectivity index (χ0) is 16.7. The van der Waals surface area contributed by atoms with Gasteiger partial charge in [0, 0.05) is 0 Å². The third-order valence-corrected chi connectivity index (χ3v) is 5.06. The van der Waals surface area contributed by atoms with Crippen LogP contribution < -0.4 is 10.7 Å². The van der Waals surface area contributed by atoms with Crippen LogP contribution in [0.4, 0.5) is 0 Å². The van der Waals surface area contributed by atoms with Crippen molar-refractivity contribution in [2.24, 2.45) is 9.98 Å². The Hall–Kier alpha value is -1.18. The normalized spacial score (nSPS) is 15.1. The van der Waals surface area contributed by atoms with Gasteiger partial charge >= 0.3 is 0 Å². The average Bonchev–Trinajstić information content (AvgIpc) is 2.94. The van der Waals surface area contributed by atoms with Crippen molar-refractivity contribution in [1.29, 1.82) is 0 Å². The van der Waals surface area contributed by atoms with Gasteiger partial charge in [-0.1, -0.05) is 64.5 Å². The monoisotopic (exact) mass is 314 g/mol. The number of rotatable bonds is 10. The lowest BCUT2D eigenvalue weighted by molar-refractivity contribution is 0.350. The molecule has 1 aromatic carbocycles. The molecule has 23 heavy (non-hydrogen) atoms. The highest BCUT2D eigenvalue weighted by molar-refractivity contribution is 5.22. The second-order valence-electron chi connectivity index (χ2n) is 7.22. The number of fused-ring (bicyclic) bond motifs is 1. The van der Waals surface area contributed by atoms with Crippen LogP contribution in [0, 0.1) is 13.8 Å². The quantitative estimate of drug-likeness (QED) is 0.531. The molecule has 0 bridgehead atoms. The van der Waals surface area contributed by atoms with Crippen LogP contribution in [-0.4, -0.2) is 5.66 Å². The van der Waals surface area contributed by atoms with Gasteiger partial charge < -0.3 is 0 Å². The standard InChI is InChI=1S/C21H34N2/c1-5-7-9-11-15-21(16-12-10-8-6-2)22-19-17(3)13-14-18(4)20(19)23-21/h13-14H,5-12,15-16H2,1-4H3. The topological polar surface area (TPSA) is 24.7 Å². The van der Waals surface area contributed by atoms with Crippen molar-refractivity contribution < 1.29 is 0 Å². The Balaban J connectivity index is 2.19. The smallest absolute Gasteiger partial charge is 0.151 e. The summed E-state index contributed by atoms with van der Waals surface area (Å²) in [4.78, 5) is 10.3. The first kappa shape index (κ1) is 18.2. The maximum absolute atomic E-state index is 5.17. The molecule has 0 atom stereocenters. The van der Waals surface area contributed by atoms with Crippen LogP contribution in [0.3, 0.4) is 0 Å². The van der Waals surface area contributed by atoms with Gasteiger partial charge in [0.1, 0.15) is 0 Å². The fourth-order valence-electron chi connectivity index (χ4n) is 3.52. The van der Waals surface area contributed by atoms with Crippen molar-refractivity contribution in [2.45, 2.75) is 97.6 Å². The van der Waals surface area contributed by atoms with E-state index in [0.29, 0.717) is 0 Å². The van der Waals surface area contributed by atoms with Crippen molar-refractivity contribution >= 4 is 0 Å². The Morgan fingerprint density at radius 3 is 1.52 bits per heavy atom. The SMILES string of the molecule is CCCCCCC1(CCCCCC)N=c2c(C)ccc(C)c2=N1. The minimum absolute atomic E-state index is 0.166. The molecule has 0 aliphatic carbocycles. The van der Waals surface area contributed by atoms with Gasteiger partial charge in [-0.3, -0.25) is 9.98 Å². The number of unbranched alkanes of at least 4 members (excludes halogenated alkanes) is 6. The molecule has 1 aliphatic heterocycles. The fourth-order valence-corrected chi connectivity index (χ4v) is 3.52. The summed E-state index contributed by atoms with van der Waals surface area (Å²) in [5.41, 5.74) is 2.39. The minimum Gasteiger partial charge on any atom is -0.253 e. The molecule has 0 aromatic heterocycles. The summed E-state index contributed by atoms with van der Waals surface area (Å²) in [6, 6.07) is 4.38. The summed E-state index contributed by atoms with van der Waals surface area (Å²) in [5, 5.41) is 2.33. The predicted molar refractivity (Wildman–Crippen MR) is 98.5 cm³/mol. The highest BCUT2D eigenvalue weighted by Gasteiger charge is 2.30. The largest absolute Gasteiger partial charge is 0.253 e. The van der Waals surface area contributed by atoms with Gasteiger partial charge in [-0.15, -0.1) is 0 Å². The van der Waals surface area contributed by atoms with E-state index in [1.807, 2.05) is 0 Å². The van der Waals surface area contributed by atoms with Gasteiger partial charge in [0.05, 0.1) is 10.7 Å². The summed E-state index contributed by atoms with van der Waals surface area (Å²) >= 11 is 0. The fraction of sp³-hybridized carbons (Fsp3) is 0.714. The van der Waals surface area contributed by atoms with E-state index in [9.17, 15) is 0 Å². The second kappa shape index (κ2) is 8.61. The van der Waals surface area contributed by atoms with Crippen molar-refractivity contribution in [3.8, 4) is 0 Å². The molecule has 0 amide bonds. The number of nitrogens with zero attached hydrogens (tertiary/aromatic N) is 2. The number of benzene rings is 1. The van der Waals surface area contributed by atoms with Crippen LogP contribution in [-0.2, 0) is 0 Å². The van der Waals surface area contributed by atoms with Gasteiger partial charge in [-0.2, -0.15) is 0 Å². The van der Waals surface area contributed by atoms with E-state index in [4.69, 9.17) is 9.98 Å². The molecule has 0 spiro atoms. The Kier molecular flexibility index (Phi) is 6.80. The van der Waals surface area contributed by atoms with Crippen molar-refractivity contribution in [3.05, 3.63) is 34.0 Å². The highest BCUT2D eigenvalue weighted by Crippen LogP contribution is 2.29. The molecule has 2 rings (SSSR count). The van der Waals surface area contributed by atoms with Crippen LogP contribution in [0.25, 0.3) is 0 Å². The zero-order valence-electron chi connectivity index (χ0n) is 15.6. The molecule has 0 radical (unpaired) electrons. The van der Waals surface area contributed by atoms with Crippen molar-refractivity contribution in [3.63, 3.8) is 0 Å². The Bertz CT molecular complexity index is 560. The Labute approximate surface area is 142 Å². The molecule has 2 heteroatoms. The lowest BCUT2D eigenvalue weighted by atomic mass is 9.95. The lowest BCUT2D eigenvalue weighted by Crippen LogP contribution is -2.26. The number of aryl methyl sites for hydroxylation is 2. The molecule has 0 fully saturated rings. The first-order valence-electron chi connectivity index (χ1n) is 9.68. The Morgan fingerprint density at radius 2 is 1.13 bits per heavy atom. The van der Waals surface area contributed by atoms with Crippen LogP contribution in [0.15, 0.2) is 22.1 Å². The first-order chi connectivity index (χ1) is 11.1. The van der Waals surface area contributed by atoms with Crippen LogP contribution in [0.5, 0.6) is 0 Å².